The summed E-state index contributed by atoms with van der Waals surface area (Å²) >= 11 is 0. The minimum absolute atomic E-state index is 0.0575. The monoisotopic (exact) mass is 253 g/mol. The van der Waals surface area contributed by atoms with Gasteiger partial charge >= 0.3 is 0 Å². The van der Waals surface area contributed by atoms with Gasteiger partial charge in [-0.05, 0) is 36.2 Å². The Bertz CT molecular complexity index is 638. The van der Waals surface area contributed by atoms with Crippen molar-refractivity contribution < 1.29 is 9.47 Å². The second-order valence-electron chi connectivity index (χ2n) is 5.22. The van der Waals surface area contributed by atoms with Crippen molar-refractivity contribution >= 4 is 5.69 Å². The third-order valence-electron chi connectivity index (χ3n) is 3.93. The first-order chi connectivity index (χ1) is 9.31. The number of ether oxygens (including phenoxy) is 2. The Morgan fingerprint density at radius 3 is 2.89 bits per heavy atom. The first kappa shape index (κ1) is 10.7. The van der Waals surface area contributed by atoms with Gasteiger partial charge in [0.05, 0.1) is 6.61 Å². The van der Waals surface area contributed by atoms with Crippen LogP contribution in [0.2, 0.25) is 0 Å². The lowest BCUT2D eigenvalue weighted by molar-refractivity contribution is 0.0544. The topological polar surface area (TPSA) is 44.5 Å². The van der Waals surface area contributed by atoms with Crippen LogP contribution in [-0.4, -0.2) is 6.61 Å². The van der Waals surface area contributed by atoms with Crippen LogP contribution in [0.1, 0.15) is 17.2 Å². The maximum absolute atomic E-state index is 6.18. The van der Waals surface area contributed by atoms with E-state index >= 15 is 0 Å². The van der Waals surface area contributed by atoms with Crippen LogP contribution >= 0.6 is 0 Å². The van der Waals surface area contributed by atoms with Gasteiger partial charge in [-0.15, -0.1) is 0 Å². The second kappa shape index (κ2) is 3.92. The van der Waals surface area contributed by atoms with Crippen molar-refractivity contribution in [3.05, 3.63) is 53.6 Å². The van der Waals surface area contributed by atoms with Gasteiger partial charge in [-0.1, -0.05) is 18.2 Å². The highest BCUT2D eigenvalue weighted by Gasteiger charge is 2.36. The zero-order chi connectivity index (χ0) is 12.8. The summed E-state index contributed by atoms with van der Waals surface area (Å²) in [5.41, 5.74) is 8.98. The average Bonchev–Trinajstić information content (AvgIpc) is 2.45. The number of rotatable bonds is 0. The van der Waals surface area contributed by atoms with E-state index in [0.29, 0.717) is 12.5 Å². The van der Waals surface area contributed by atoms with Crippen molar-refractivity contribution in [1.82, 2.24) is 0 Å². The Hall–Kier alpha value is -2.16. The Morgan fingerprint density at radius 2 is 1.95 bits per heavy atom. The Kier molecular flexibility index (Phi) is 2.21. The highest BCUT2D eigenvalue weighted by atomic mass is 16.5. The van der Waals surface area contributed by atoms with Crippen LogP contribution in [-0.2, 0) is 6.42 Å². The summed E-state index contributed by atoms with van der Waals surface area (Å²) in [5.74, 6) is 2.25. The Morgan fingerprint density at radius 1 is 1.05 bits per heavy atom. The molecule has 0 saturated carbocycles. The van der Waals surface area contributed by atoms with Crippen LogP contribution in [0.25, 0.3) is 0 Å². The molecular weight excluding hydrogens is 238 g/mol. The number of para-hydroxylation sites is 1. The molecule has 96 valence electrons. The van der Waals surface area contributed by atoms with E-state index in [1.54, 1.807) is 0 Å². The van der Waals surface area contributed by atoms with Crippen LogP contribution in [0.15, 0.2) is 42.5 Å². The van der Waals surface area contributed by atoms with Crippen LogP contribution in [0.3, 0.4) is 0 Å². The zero-order valence-electron chi connectivity index (χ0n) is 10.5. The molecule has 2 aromatic carbocycles. The maximum Gasteiger partial charge on any atom is 0.134 e. The third-order valence-corrected chi connectivity index (χ3v) is 3.93. The molecule has 2 atom stereocenters. The Labute approximate surface area is 112 Å². The van der Waals surface area contributed by atoms with E-state index in [-0.39, 0.29) is 6.10 Å². The molecule has 0 aliphatic carbocycles. The van der Waals surface area contributed by atoms with Crippen molar-refractivity contribution in [2.45, 2.75) is 12.5 Å². The van der Waals surface area contributed by atoms with Gasteiger partial charge in [0.15, 0.2) is 0 Å². The van der Waals surface area contributed by atoms with E-state index in [0.717, 1.165) is 29.2 Å². The van der Waals surface area contributed by atoms with Crippen LogP contribution in [0, 0.1) is 5.92 Å². The molecule has 3 heteroatoms. The van der Waals surface area contributed by atoms with E-state index in [4.69, 9.17) is 15.2 Å². The fraction of sp³-hybridized carbons (Fsp3) is 0.250. The fourth-order valence-corrected chi connectivity index (χ4v) is 2.99. The molecule has 0 unspecified atom stereocenters. The van der Waals surface area contributed by atoms with Crippen molar-refractivity contribution in [2.24, 2.45) is 5.92 Å². The van der Waals surface area contributed by atoms with Crippen LogP contribution in [0.4, 0.5) is 5.69 Å². The molecule has 19 heavy (non-hydrogen) atoms. The lowest BCUT2D eigenvalue weighted by Crippen LogP contribution is -2.34. The average molecular weight is 253 g/mol. The number of nitrogen functional groups attached to an aromatic ring is 1. The lowest BCUT2D eigenvalue weighted by Gasteiger charge is -2.38. The normalized spacial score (nSPS) is 23.4. The van der Waals surface area contributed by atoms with Gasteiger partial charge in [0.1, 0.15) is 17.6 Å². The molecule has 0 saturated heterocycles. The summed E-state index contributed by atoms with van der Waals surface area (Å²) in [6.07, 6.45) is 1.05. The van der Waals surface area contributed by atoms with Crippen molar-refractivity contribution in [2.75, 3.05) is 12.3 Å². The molecule has 4 rings (SSSR count). The number of hydrogen-bond acceptors (Lipinski definition) is 3. The highest BCUT2D eigenvalue weighted by Crippen LogP contribution is 2.44. The number of hydrogen-bond donors (Lipinski definition) is 1. The van der Waals surface area contributed by atoms with Crippen molar-refractivity contribution in [1.29, 1.82) is 0 Å². The van der Waals surface area contributed by atoms with Gasteiger partial charge in [0, 0.05) is 17.2 Å². The molecule has 0 fully saturated rings. The maximum atomic E-state index is 6.18. The van der Waals surface area contributed by atoms with Gasteiger partial charge in [-0.25, -0.2) is 0 Å². The van der Waals surface area contributed by atoms with Gasteiger partial charge < -0.3 is 15.2 Å². The predicted molar refractivity (Wildman–Crippen MR) is 73.4 cm³/mol. The second-order valence-corrected chi connectivity index (χ2v) is 5.22. The summed E-state index contributed by atoms with van der Waals surface area (Å²) in [7, 11) is 0. The van der Waals surface area contributed by atoms with E-state index in [1.165, 1.54) is 5.56 Å². The minimum atomic E-state index is 0.0575. The van der Waals surface area contributed by atoms with E-state index in [1.807, 2.05) is 30.3 Å². The van der Waals surface area contributed by atoms with E-state index < -0.39 is 0 Å². The van der Waals surface area contributed by atoms with Crippen LogP contribution < -0.4 is 15.2 Å². The molecule has 2 aliphatic heterocycles. The number of benzene rings is 2. The number of anilines is 1. The van der Waals surface area contributed by atoms with Gasteiger partial charge in [0.2, 0.25) is 0 Å². The summed E-state index contributed by atoms with van der Waals surface area (Å²) in [6, 6.07) is 14.0. The molecule has 0 radical (unpaired) electrons. The van der Waals surface area contributed by atoms with Crippen LogP contribution in [0.5, 0.6) is 11.5 Å². The summed E-state index contributed by atoms with van der Waals surface area (Å²) in [4.78, 5) is 0. The first-order valence-electron chi connectivity index (χ1n) is 6.58. The predicted octanol–water partition coefficient (Wildman–Crippen LogP) is 2.95. The van der Waals surface area contributed by atoms with E-state index in [2.05, 4.69) is 12.1 Å². The largest absolute Gasteiger partial charge is 0.493 e. The number of fused-ring (bicyclic) bond motifs is 4. The summed E-state index contributed by atoms with van der Waals surface area (Å²) in [6.45, 7) is 0.704. The summed E-state index contributed by atoms with van der Waals surface area (Å²) in [5, 5.41) is 0. The molecule has 2 N–H and O–H groups in total. The number of nitrogens with two attached hydrogens (primary N) is 1. The molecule has 3 nitrogen and oxygen atoms in total. The smallest absolute Gasteiger partial charge is 0.134 e. The van der Waals surface area contributed by atoms with Crippen molar-refractivity contribution in [3.8, 4) is 11.5 Å². The molecule has 2 aromatic rings. The van der Waals surface area contributed by atoms with Gasteiger partial charge in [-0.3, -0.25) is 0 Å². The molecule has 0 bridgehead atoms. The SMILES string of the molecule is Nc1ccc2c(c1)[C@@H]1Oc3ccccc3C[C@@H]1CO2. The van der Waals surface area contributed by atoms with Gasteiger partial charge in [-0.2, -0.15) is 0 Å². The molecule has 0 spiro atoms. The highest BCUT2D eigenvalue weighted by molar-refractivity contribution is 5.51. The third kappa shape index (κ3) is 1.65. The molecule has 0 aromatic heterocycles. The lowest BCUT2D eigenvalue weighted by atomic mass is 9.85. The summed E-state index contributed by atoms with van der Waals surface area (Å²) < 4.78 is 12.0. The quantitative estimate of drug-likeness (QED) is 0.734. The Balaban J connectivity index is 1.79. The van der Waals surface area contributed by atoms with Gasteiger partial charge in [0.25, 0.3) is 0 Å². The molecule has 2 heterocycles. The first-order valence-corrected chi connectivity index (χ1v) is 6.58. The zero-order valence-corrected chi connectivity index (χ0v) is 10.5. The minimum Gasteiger partial charge on any atom is -0.493 e. The standard InChI is InChI=1S/C16H15NO2/c17-12-5-6-15-13(8-12)16-11(9-18-15)7-10-3-1-2-4-14(10)19-16/h1-6,8,11,16H,7,9,17H2/t11-,16-/m1/s1. The fourth-order valence-electron chi connectivity index (χ4n) is 2.99. The van der Waals surface area contributed by atoms with Crippen molar-refractivity contribution in [3.63, 3.8) is 0 Å². The molecule has 0 amide bonds. The van der Waals surface area contributed by atoms with E-state index in [9.17, 15) is 0 Å². The molecular formula is C16H15NO2. The molecule has 2 aliphatic rings.